The van der Waals surface area contributed by atoms with Gasteiger partial charge in [0.05, 0.1) is 13.2 Å². The molecular formula is C13H14O4. The van der Waals surface area contributed by atoms with Gasteiger partial charge in [0.25, 0.3) is 0 Å². The monoisotopic (exact) mass is 234 g/mol. The summed E-state index contributed by atoms with van der Waals surface area (Å²) < 4.78 is 22.7. The van der Waals surface area contributed by atoms with Crippen LogP contribution in [0, 0.1) is 0 Å². The first kappa shape index (κ1) is 10.0. The molecule has 5 rings (SSSR count). The Hall–Kier alpha value is -0.940. The Balaban J connectivity index is 1.41. The van der Waals surface area contributed by atoms with E-state index in [1.54, 1.807) is 0 Å². The van der Waals surface area contributed by atoms with Gasteiger partial charge in [0, 0.05) is 0 Å². The quantitative estimate of drug-likeness (QED) is 0.734. The van der Waals surface area contributed by atoms with Gasteiger partial charge < -0.3 is 18.9 Å². The van der Waals surface area contributed by atoms with Crippen molar-refractivity contribution in [2.24, 2.45) is 0 Å². The van der Waals surface area contributed by atoms with Crippen molar-refractivity contribution in [2.75, 3.05) is 6.61 Å². The van der Waals surface area contributed by atoms with Gasteiger partial charge in [0.2, 0.25) is 0 Å². The van der Waals surface area contributed by atoms with Crippen molar-refractivity contribution >= 4 is 0 Å². The van der Waals surface area contributed by atoms with E-state index in [1.807, 2.05) is 30.3 Å². The van der Waals surface area contributed by atoms with E-state index in [0.29, 0.717) is 13.2 Å². The summed E-state index contributed by atoms with van der Waals surface area (Å²) in [4.78, 5) is 0. The molecule has 4 nitrogen and oxygen atoms in total. The molecule has 0 N–H and O–H groups in total. The Morgan fingerprint density at radius 2 is 1.94 bits per heavy atom. The molecule has 0 saturated carbocycles. The SMILES string of the molecule is c1ccc(CO[C@@H]2O[C@H]3CO[C@@H]2[C@H]2O[C@H]23)cc1. The molecular weight excluding hydrogens is 220 g/mol. The minimum absolute atomic E-state index is 0.0475. The van der Waals surface area contributed by atoms with Gasteiger partial charge in [-0.1, -0.05) is 30.3 Å². The van der Waals surface area contributed by atoms with Crippen LogP contribution in [0.3, 0.4) is 0 Å². The van der Waals surface area contributed by atoms with E-state index in [0.717, 1.165) is 5.56 Å². The first-order chi connectivity index (χ1) is 8.42. The molecule has 4 fully saturated rings. The minimum Gasteiger partial charge on any atom is -0.367 e. The highest BCUT2D eigenvalue weighted by Crippen LogP contribution is 2.43. The van der Waals surface area contributed by atoms with Gasteiger partial charge in [-0.2, -0.15) is 0 Å². The Kier molecular flexibility index (Phi) is 2.23. The number of fused-ring (bicyclic) bond motifs is 2. The summed E-state index contributed by atoms with van der Waals surface area (Å²) in [5, 5.41) is 0. The number of ether oxygens (including phenoxy) is 4. The molecule has 4 saturated heterocycles. The Morgan fingerprint density at radius 1 is 1.06 bits per heavy atom. The van der Waals surface area contributed by atoms with E-state index in [4.69, 9.17) is 18.9 Å². The summed E-state index contributed by atoms with van der Waals surface area (Å²) in [7, 11) is 0. The third-order valence-corrected chi connectivity index (χ3v) is 3.54. The van der Waals surface area contributed by atoms with Crippen molar-refractivity contribution in [3.63, 3.8) is 0 Å². The van der Waals surface area contributed by atoms with Gasteiger partial charge in [-0.25, -0.2) is 0 Å². The van der Waals surface area contributed by atoms with Crippen LogP contribution in [-0.2, 0) is 25.6 Å². The normalized spacial score (nSPS) is 42.2. The van der Waals surface area contributed by atoms with Crippen molar-refractivity contribution in [2.45, 2.75) is 37.3 Å². The fraction of sp³-hybridized carbons (Fsp3) is 0.538. The van der Waals surface area contributed by atoms with Crippen molar-refractivity contribution in [3.8, 4) is 0 Å². The maximum Gasteiger partial charge on any atom is 0.187 e. The molecule has 0 aromatic heterocycles. The zero-order chi connectivity index (χ0) is 11.2. The zero-order valence-corrected chi connectivity index (χ0v) is 9.32. The van der Waals surface area contributed by atoms with Crippen LogP contribution in [0.2, 0.25) is 0 Å². The molecule has 1 aromatic carbocycles. The van der Waals surface area contributed by atoms with Gasteiger partial charge in [0.15, 0.2) is 6.29 Å². The van der Waals surface area contributed by atoms with Crippen LogP contribution in [0.5, 0.6) is 0 Å². The molecule has 0 radical (unpaired) electrons. The third kappa shape index (κ3) is 1.68. The summed E-state index contributed by atoms with van der Waals surface area (Å²) in [6, 6.07) is 10.1. The molecule has 90 valence electrons. The van der Waals surface area contributed by atoms with Crippen LogP contribution < -0.4 is 0 Å². The molecule has 0 aliphatic carbocycles. The van der Waals surface area contributed by atoms with Crippen LogP contribution in [0.15, 0.2) is 30.3 Å². The highest BCUT2D eigenvalue weighted by Gasteiger charge is 2.62. The van der Waals surface area contributed by atoms with Crippen LogP contribution >= 0.6 is 0 Å². The summed E-state index contributed by atoms with van der Waals surface area (Å²) in [5.74, 6) is 0. The second kappa shape index (κ2) is 3.78. The van der Waals surface area contributed by atoms with Crippen molar-refractivity contribution in [1.29, 1.82) is 0 Å². The van der Waals surface area contributed by atoms with Gasteiger partial charge in [0.1, 0.15) is 24.4 Å². The molecule has 4 heterocycles. The van der Waals surface area contributed by atoms with E-state index in [9.17, 15) is 0 Å². The first-order valence-corrected chi connectivity index (χ1v) is 6.00. The van der Waals surface area contributed by atoms with Crippen LogP contribution in [-0.4, -0.2) is 37.3 Å². The standard InChI is InChI=1S/C13H14O4/c1-2-4-8(5-3-1)6-15-13-12-11-10(17-11)9(16-13)7-14-12/h1-5,9-13H,6-7H2/t9-,10-,11-,12+,13+/m0/s1. The Bertz CT molecular complexity index is 407. The molecule has 1 aromatic rings. The fourth-order valence-electron chi connectivity index (χ4n) is 2.58. The van der Waals surface area contributed by atoms with Crippen molar-refractivity contribution in [1.82, 2.24) is 0 Å². The maximum atomic E-state index is 5.79. The topological polar surface area (TPSA) is 40.2 Å². The number of epoxide rings is 1. The average Bonchev–Trinajstić information content (AvgIpc) is 3.20. The van der Waals surface area contributed by atoms with Gasteiger partial charge >= 0.3 is 0 Å². The van der Waals surface area contributed by atoms with Crippen LogP contribution in [0.25, 0.3) is 0 Å². The molecule has 5 atom stereocenters. The third-order valence-electron chi connectivity index (χ3n) is 3.54. The molecule has 0 amide bonds. The second-order valence-electron chi connectivity index (χ2n) is 4.70. The lowest BCUT2D eigenvalue weighted by atomic mass is 10.0. The highest BCUT2D eigenvalue weighted by molar-refractivity contribution is 5.13. The number of hydrogen-bond acceptors (Lipinski definition) is 4. The number of rotatable bonds is 3. The van der Waals surface area contributed by atoms with E-state index in [-0.39, 0.29) is 30.7 Å². The first-order valence-electron chi connectivity index (χ1n) is 6.00. The lowest BCUT2D eigenvalue weighted by Gasteiger charge is -2.38. The Labute approximate surface area is 99.4 Å². The zero-order valence-electron chi connectivity index (χ0n) is 9.32. The number of benzene rings is 1. The van der Waals surface area contributed by atoms with E-state index >= 15 is 0 Å². The van der Waals surface area contributed by atoms with E-state index < -0.39 is 0 Å². The molecule has 17 heavy (non-hydrogen) atoms. The summed E-state index contributed by atoms with van der Waals surface area (Å²) in [6.45, 7) is 1.19. The average molecular weight is 234 g/mol. The Morgan fingerprint density at radius 3 is 2.76 bits per heavy atom. The van der Waals surface area contributed by atoms with E-state index in [1.165, 1.54) is 0 Å². The number of hydrogen-bond donors (Lipinski definition) is 0. The fourth-order valence-corrected chi connectivity index (χ4v) is 2.58. The van der Waals surface area contributed by atoms with Crippen LogP contribution in [0.1, 0.15) is 5.56 Å². The smallest absolute Gasteiger partial charge is 0.187 e. The lowest BCUT2D eigenvalue weighted by molar-refractivity contribution is -0.294. The predicted molar refractivity (Wildman–Crippen MR) is 58.3 cm³/mol. The molecule has 4 aliphatic heterocycles. The molecule has 4 aliphatic rings. The summed E-state index contributed by atoms with van der Waals surface area (Å²) >= 11 is 0. The summed E-state index contributed by atoms with van der Waals surface area (Å²) in [6.07, 6.45) is 0.186. The molecule has 0 spiro atoms. The van der Waals surface area contributed by atoms with E-state index in [2.05, 4.69) is 0 Å². The summed E-state index contributed by atoms with van der Waals surface area (Å²) in [5.41, 5.74) is 1.14. The van der Waals surface area contributed by atoms with Crippen molar-refractivity contribution < 1.29 is 18.9 Å². The lowest BCUT2D eigenvalue weighted by Crippen LogP contribution is -2.55. The highest BCUT2D eigenvalue weighted by atomic mass is 16.8. The van der Waals surface area contributed by atoms with Gasteiger partial charge in [-0.15, -0.1) is 0 Å². The van der Waals surface area contributed by atoms with Gasteiger partial charge in [-0.3, -0.25) is 0 Å². The molecule has 4 heteroatoms. The molecule has 2 bridgehead atoms. The molecule has 0 unspecified atom stereocenters. The maximum absolute atomic E-state index is 5.79. The van der Waals surface area contributed by atoms with Gasteiger partial charge in [-0.05, 0) is 5.56 Å². The van der Waals surface area contributed by atoms with Crippen molar-refractivity contribution in [3.05, 3.63) is 35.9 Å². The van der Waals surface area contributed by atoms with Crippen LogP contribution in [0.4, 0.5) is 0 Å². The predicted octanol–water partition coefficient (Wildman–Crippen LogP) is 1.09. The largest absolute Gasteiger partial charge is 0.367 e. The minimum atomic E-state index is -0.280. The second-order valence-corrected chi connectivity index (χ2v) is 4.70.